The molecule has 147 heavy (non-hydrogen) atoms. The van der Waals surface area contributed by atoms with Gasteiger partial charge in [0.1, 0.15) is 287 Å². The predicted octanol–water partition coefficient (Wildman–Crippen LogP) is -25.4. The second kappa shape index (κ2) is 52.8. The number of carbonyl (C=O) groups is 5. The Morgan fingerprint density at radius 3 is 0.823 bits per heavy atom. The van der Waals surface area contributed by atoms with Gasteiger partial charge in [-0.2, -0.15) is 0 Å². The minimum Gasteiger partial charge on any atom is -0.394 e. The summed E-state index contributed by atoms with van der Waals surface area (Å²) in [5.41, 5.74) is 0. The number of hydrogen-bond donors (Lipinski definition) is 37. The van der Waals surface area contributed by atoms with Gasteiger partial charge in [-0.15, -0.1) is 0 Å². The average molecular weight is 2150 g/mol. The lowest BCUT2D eigenvalue weighted by Crippen LogP contribution is -2.72. The van der Waals surface area contributed by atoms with Crippen molar-refractivity contribution < 1.29 is 296 Å². The molecule has 0 aromatic carbocycles. The van der Waals surface area contributed by atoms with E-state index >= 15 is 0 Å². The van der Waals surface area contributed by atoms with Gasteiger partial charge in [-0.1, -0.05) is 0 Å². The highest BCUT2D eigenvalue weighted by Gasteiger charge is 2.65. The van der Waals surface area contributed by atoms with Gasteiger partial charge in [0, 0.05) is 34.6 Å². The van der Waals surface area contributed by atoms with Gasteiger partial charge in [-0.05, 0) is 6.92 Å². The Morgan fingerprint density at radius 2 is 0.435 bits per heavy atom. The Kier molecular flexibility index (Phi) is 43.4. The number of aliphatic hydroxyl groups excluding tert-OH is 32. The Balaban J connectivity index is 0.974. The van der Waals surface area contributed by atoms with Crippen LogP contribution in [0.5, 0.6) is 0 Å². The zero-order chi connectivity index (χ0) is 108. The highest BCUT2D eigenvalue weighted by atomic mass is 16.8. The molecule has 0 spiro atoms. The van der Waals surface area contributed by atoms with E-state index in [-0.39, 0.29) is 0 Å². The molecule has 0 aliphatic carbocycles. The number of carbonyl (C=O) groups excluding carboxylic acids is 5. The SMILES string of the molecule is CC(=O)N[C@@H]1[C@@H](O)[C@H](O[C@@H]2O[C@H](CO)[C@@H](O[C@@H]3O[C@H](CO[C@@H]4O[C@H](CO)[C@@H](O)[C@H](O)[C@@H]4O[C@@H]4O[C@H](CO)[C@@H](O[C@@H]5O[C@H](CO)[C@H](O)[C@H](O)[C@H]5O)[C@H](O)[C@H]4NC(C)=O)[C@@H](O)[C@H](O[C@@H]4O[C@H](CO)[C@@H](O)[C@H](O[C@@H]5O[C@H](CO)[C@@H](O[C@@H]6O[C@H](CO)[C@H](O)[C@H](O)[C@H]6O)[C@H](O[C@@H]6O[C@@H](C)[C@@H](O)[C@@H](O)[C@@H]6O)[C@H]5NC(C)=O)[C@@H]4O[C@@H]4O[C@H](CO)[C@@H](O[C@@H]5O[C@H](CO)[C@H](O)[C@H](O)[C@H]5O)[C@H](O)[C@H]4NC(C)=O)[C@@H]3O)[C@H](O)[C@H]2NC(C)=O)[C@@H](CO)O[C@H]1O. The molecular weight excluding hydrogens is 2010 g/mol. The zero-order valence-electron chi connectivity index (χ0n) is 79.2. The summed E-state index contributed by atoms with van der Waals surface area (Å²) in [5, 5.41) is 375. The molecule has 12 fully saturated rings. The van der Waals surface area contributed by atoms with Crippen molar-refractivity contribution in [2.45, 2.75) is 410 Å². The third-order valence-electron chi connectivity index (χ3n) is 27.1. The van der Waals surface area contributed by atoms with Crippen molar-refractivity contribution in [3.05, 3.63) is 0 Å². The predicted molar refractivity (Wildman–Crippen MR) is 452 cm³/mol. The maximum Gasteiger partial charge on any atom is 0.217 e. The number of nitrogens with one attached hydrogen (secondary N) is 5. The number of amides is 5. The largest absolute Gasteiger partial charge is 0.394 e. The van der Waals surface area contributed by atoms with Crippen LogP contribution in [0.2, 0.25) is 0 Å². The molecule has 850 valence electrons. The Morgan fingerprint density at radius 1 is 0.190 bits per heavy atom. The van der Waals surface area contributed by atoms with E-state index in [1.807, 2.05) is 0 Å². The van der Waals surface area contributed by atoms with E-state index in [9.17, 15) is 187 Å². The average Bonchev–Trinajstić information content (AvgIpc) is 0.754. The van der Waals surface area contributed by atoms with E-state index in [1.165, 1.54) is 6.92 Å². The molecule has 12 saturated heterocycles. The molecule has 12 aliphatic rings. The lowest BCUT2D eigenvalue weighted by molar-refractivity contribution is -0.412. The van der Waals surface area contributed by atoms with E-state index in [0.29, 0.717) is 0 Å². The molecular formula is C82H137N5O60. The van der Waals surface area contributed by atoms with Gasteiger partial charge in [0.25, 0.3) is 0 Å². The van der Waals surface area contributed by atoms with Crippen molar-refractivity contribution >= 4 is 29.5 Å². The van der Waals surface area contributed by atoms with Crippen molar-refractivity contribution in [1.29, 1.82) is 0 Å². The first-order valence-electron chi connectivity index (χ1n) is 47.0. The summed E-state index contributed by atoms with van der Waals surface area (Å²) < 4.78 is 141. The second-order valence-electron chi connectivity index (χ2n) is 37.3. The second-order valence-corrected chi connectivity index (χ2v) is 37.3. The lowest BCUT2D eigenvalue weighted by Gasteiger charge is -2.53. The van der Waals surface area contributed by atoms with Crippen LogP contribution in [0.1, 0.15) is 41.5 Å². The van der Waals surface area contributed by atoms with Gasteiger partial charge in [-0.25, -0.2) is 0 Å². The summed E-state index contributed by atoms with van der Waals surface area (Å²) in [6.07, 6.45) is -122. The first kappa shape index (κ1) is 121. The van der Waals surface area contributed by atoms with Crippen LogP contribution >= 0.6 is 0 Å². The fourth-order valence-corrected chi connectivity index (χ4v) is 19.2. The molecule has 37 N–H and O–H groups in total. The van der Waals surface area contributed by atoms with Crippen molar-refractivity contribution in [2.24, 2.45) is 0 Å². The third kappa shape index (κ3) is 26.7. The fourth-order valence-electron chi connectivity index (χ4n) is 19.2. The molecule has 0 bridgehead atoms. The molecule has 0 unspecified atom stereocenters. The van der Waals surface area contributed by atoms with Gasteiger partial charge in [0.2, 0.25) is 29.5 Å². The molecule has 5 amide bonds. The lowest BCUT2D eigenvalue weighted by atomic mass is 9.93. The quantitative estimate of drug-likeness (QED) is 0.0273. The number of aliphatic hydroxyl groups is 32. The highest BCUT2D eigenvalue weighted by molar-refractivity contribution is 5.75. The number of hydrogen-bond acceptors (Lipinski definition) is 60. The zero-order valence-corrected chi connectivity index (χ0v) is 79.2. The van der Waals surface area contributed by atoms with E-state index in [4.69, 9.17) is 109 Å². The molecule has 0 radical (unpaired) electrons. The minimum absolute atomic E-state index is 0.840. The Hall–Kier alpha value is -4.85. The van der Waals surface area contributed by atoms with Crippen LogP contribution < -0.4 is 26.6 Å². The third-order valence-corrected chi connectivity index (χ3v) is 27.1. The summed E-state index contributed by atoms with van der Waals surface area (Å²) >= 11 is 0. The van der Waals surface area contributed by atoms with Gasteiger partial charge in [-0.3, -0.25) is 24.0 Å². The molecule has 0 aromatic heterocycles. The monoisotopic (exact) mass is 2150 g/mol. The summed E-state index contributed by atoms with van der Waals surface area (Å²) in [6.45, 7) is -7.89. The normalized spacial score (nSPS) is 49.6. The maximum atomic E-state index is 14.0. The van der Waals surface area contributed by atoms with Gasteiger partial charge in [0.15, 0.2) is 75.5 Å². The van der Waals surface area contributed by atoms with Gasteiger partial charge in [0.05, 0.1) is 78.8 Å². The van der Waals surface area contributed by atoms with E-state index in [1.54, 1.807) is 0 Å². The standard InChI is InChI=1S/C82H137N5O60/c1-18-40(103)51(114)56(119)76(126-18)143-66-39(87-23(6)102)75(136-33(16-97)65(66)142-79-59(122)54(117)43(106)26(9-90)130-79)145-68-45(108)28(11-92)132-82(70(68)147-74-38(86-22(5)101)50(113)63(31(14-95)135-74)140-78-58(121)53(116)42(105)25(8-89)129-78)144-67-46(109)34(137-80(60(67)123)141-64-32(15-96)133-72(36(48(64)111)84-20(3)99)138-61-29(12-93)127-71(124)35(47(61)110)83-19(2)98)17-125-81-69(55(118)44(107)27(10-91)131-81)146-73-37(85-21(4)100)49(112)62(30(13-94)134-73)139-77-57(120)52(115)41(104)24(7-88)128-77/h18,24-82,88-97,103-124H,7-17H2,1-6H3,(H,83,98)(H,84,99)(H,85,100)(H,86,101)(H,87,102)/t18-,24+,25+,26+,27+,28+,29+,30+,31+,32+,33+,34+,35+,36+,37+,38+,39+,40+,41-,42-,43-,44+,45+,46+,47+,48+,49+,50+,51+,52-,53-,54-,55-,56-,57+,58+,59+,60-,61+,62+,63+,64+,65+,66+,67-,68-,69-,70-,71+,72-,73-,74-,75-,76-,77-,78-,79-,80-,81+,82-/m0/s1. The van der Waals surface area contributed by atoms with Crippen LogP contribution in [0.4, 0.5) is 0 Å². The molecule has 12 rings (SSSR count). The van der Waals surface area contributed by atoms with Crippen LogP contribution in [-0.2, 0) is 133 Å². The van der Waals surface area contributed by atoms with Crippen molar-refractivity contribution in [3.8, 4) is 0 Å². The van der Waals surface area contributed by atoms with Crippen molar-refractivity contribution in [1.82, 2.24) is 26.6 Å². The minimum atomic E-state index is -2.84. The molecule has 0 aromatic rings. The molecule has 60 atom stereocenters. The summed E-state index contributed by atoms with van der Waals surface area (Å²) in [5.74, 6) is -5.14. The molecule has 12 aliphatic heterocycles. The molecule has 0 saturated carbocycles. The van der Waals surface area contributed by atoms with E-state index < -0.39 is 470 Å². The molecule has 65 nitrogen and oxygen atoms in total. The summed E-state index contributed by atoms with van der Waals surface area (Å²) in [7, 11) is 0. The first-order chi connectivity index (χ1) is 69.6. The number of ether oxygens (including phenoxy) is 23. The molecule has 12 heterocycles. The summed E-state index contributed by atoms with van der Waals surface area (Å²) in [6, 6.07) is -10.3. The smallest absolute Gasteiger partial charge is 0.217 e. The topological polar surface area (TPSA) is 1010 Å². The molecule has 65 heteroatoms. The van der Waals surface area contributed by atoms with Crippen LogP contribution in [0.3, 0.4) is 0 Å². The first-order valence-corrected chi connectivity index (χ1v) is 47.0. The maximum absolute atomic E-state index is 14.0. The van der Waals surface area contributed by atoms with Crippen LogP contribution in [-0.4, -0.2) is 634 Å². The van der Waals surface area contributed by atoms with Gasteiger partial charge >= 0.3 is 0 Å². The van der Waals surface area contributed by atoms with Crippen molar-refractivity contribution in [2.75, 3.05) is 72.7 Å². The number of rotatable bonds is 38. The van der Waals surface area contributed by atoms with Crippen LogP contribution in [0.15, 0.2) is 0 Å². The Labute approximate surface area is 832 Å². The van der Waals surface area contributed by atoms with Crippen molar-refractivity contribution in [3.63, 3.8) is 0 Å². The highest BCUT2D eigenvalue weighted by Crippen LogP contribution is 2.44. The van der Waals surface area contributed by atoms with E-state index in [2.05, 4.69) is 26.6 Å². The summed E-state index contributed by atoms with van der Waals surface area (Å²) in [4.78, 5) is 66.5. The Bertz CT molecular complexity index is 4110. The van der Waals surface area contributed by atoms with Crippen LogP contribution in [0.25, 0.3) is 0 Å². The fraction of sp³-hybridized carbons (Fsp3) is 0.939. The van der Waals surface area contributed by atoms with Crippen LogP contribution in [0, 0.1) is 0 Å². The van der Waals surface area contributed by atoms with Gasteiger partial charge < -0.3 is 299 Å². The van der Waals surface area contributed by atoms with E-state index in [0.717, 1.165) is 34.6 Å².